The Balaban J connectivity index is 0.000000720. The van der Waals surface area contributed by atoms with Crippen molar-refractivity contribution in [3.8, 4) is 0 Å². The predicted octanol–water partition coefficient (Wildman–Crippen LogP) is 1.60. The van der Waals surface area contributed by atoms with Crippen LogP contribution in [0.2, 0.25) is 0 Å². The van der Waals surface area contributed by atoms with E-state index >= 15 is 0 Å². The van der Waals surface area contributed by atoms with Gasteiger partial charge in [0.1, 0.15) is 0 Å². The molecule has 0 bridgehead atoms. The number of halogens is 2. The maximum Gasteiger partial charge on any atom is 0.0540 e. The van der Waals surface area contributed by atoms with Crippen LogP contribution in [0, 0.1) is 0 Å². The third-order valence-corrected chi connectivity index (χ3v) is 2.53. The van der Waals surface area contributed by atoms with Crippen LogP contribution in [0.3, 0.4) is 0 Å². The van der Waals surface area contributed by atoms with Gasteiger partial charge < -0.3 is 5.73 Å². The van der Waals surface area contributed by atoms with E-state index in [1.54, 1.807) is 0 Å². The second kappa shape index (κ2) is 4.31. The van der Waals surface area contributed by atoms with Crippen molar-refractivity contribution in [2.24, 2.45) is 12.8 Å². The largest absolute Gasteiger partial charge is 0.321 e. The highest BCUT2D eigenvalue weighted by Gasteiger charge is 2.35. The van der Waals surface area contributed by atoms with Crippen molar-refractivity contribution in [2.45, 2.75) is 24.8 Å². The van der Waals surface area contributed by atoms with Crippen molar-refractivity contribution in [3.63, 3.8) is 0 Å². The summed E-state index contributed by atoms with van der Waals surface area (Å²) in [5.74, 6) is 0. The Hall–Kier alpha value is -0.250. The number of nitrogens with zero attached hydrogens (tertiary/aromatic N) is 2. The summed E-state index contributed by atoms with van der Waals surface area (Å²) in [7, 11) is 1.92. The molecule has 1 heterocycles. The SMILES string of the molecule is Cl.Cl.Cn1cc(C2(N)CCC2)cn1. The molecule has 0 atom stereocenters. The van der Waals surface area contributed by atoms with Crippen LogP contribution in [0.15, 0.2) is 12.4 Å². The van der Waals surface area contributed by atoms with E-state index in [0.29, 0.717) is 0 Å². The molecular formula is C8H15Cl2N3. The fourth-order valence-corrected chi connectivity index (χ4v) is 1.52. The van der Waals surface area contributed by atoms with Crippen molar-refractivity contribution < 1.29 is 0 Å². The molecule has 0 saturated heterocycles. The Morgan fingerprint density at radius 2 is 2.08 bits per heavy atom. The zero-order chi connectivity index (χ0) is 7.90. The topological polar surface area (TPSA) is 43.8 Å². The highest BCUT2D eigenvalue weighted by atomic mass is 35.5. The zero-order valence-corrected chi connectivity index (χ0v) is 9.20. The molecule has 0 aliphatic heterocycles. The van der Waals surface area contributed by atoms with E-state index in [4.69, 9.17) is 5.73 Å². The van der Waals surface area contributed by atoms with Gasteiger partial charge in [0, 0.05) is 24.3 Å². The molecule has 5 heteroatoms. The lowest BCUT2D eigenvalue weighted by Crippen LogP contribution is -2.42. The Labute approximate surface area is 90.5 Å². The fourth-order valence-electron chi connectivity index (χ4n) is 1.52. The van der Waals surface area contributed by atoms with Crippen LogP contribution in [0.4, 0.5) is 0 Å². The van der Waals surface area contributed by atoms with Gasteiger partial charge in [-0.15, -0.1) is 24.8 Å². The first-order chi connectivity index (χ1) is 5.21. The molecule has 1 aliphatic rings. The summed E-state index contributed by atoms with van der Waals surface area (Å²) in [6.45, 7) is 0. The third-order valence-electron chi connectivity index (χ3n) is 2.53. The maximum atomic E-state index is 6.08. The van der Waals surface area contributed by atoms with Gasteiger partial charge in [-0.25, -0.2) is 0 Å². The lowest BCUT2D eigenvalue weighted by atomic mass is 9.74. The molecule has 1 aromatic heterocycles. The number of nitrogens with two attached hydrogens (primary N) is 1. The first kappa shape index (κ1) is 12.8. The molecule has 3 nitrogen and oxygen atoms in total. The quantitative estimate of drug-likeness (QED) is 0.787. The molecule has 76 valence electrons. The molecule has 0 unspecified atom stereocenters. The minimum atomic E-state index is -0.0474. The van der Waals surface area contributed by atoms with E-state index in [1.165, 1.54) is 12.0 Å². The molecular weight excluding hydrogens is 209 g/mol. The van der Waals surface area contributed by atoms with Gasteiger partial charge in [0.15, 0.2) is 0 Å². The molecule has 13 heavy (non-hydrogen) atoms. The molecule has 2 N–H and O–H groups in total. The Kier molecular flexibility index (Phi) is 4.23. The van der Waals surface area contributed by atoms with E-state index in [0.717, 1.165) is 12.8 Å². The molecule has 2 rings (SSSR count). The number of hydrogen-bond donors (Lipinski definition) is 1. The van der Waals surface area contributed by atoms with Gasteiger partial charge in [-0.3, -0.25) is 4.68 Å². The molecule has 1 saturated carbocycles. The fraction of sp³-hybridized carbons (Fsp3) is 0.625. The maximum absolute atomic E-state index is 6.08. The summed E-state index contributed by atoms with van der Waals surface area (Å²) in [6, 6.07) is 0. The van der Waals surface area contributed by atoms with Gasteiger partial charge in [-0.05, 0) is 19.3 Å². The Morgan fingerprint density at radius 3 is 2.38 bits per heavy atom. The van der Waals surface area contributed by atoms with Crippen LogP contribution >= 0.6 is 24.8 Å². The van der Waals surface area contributed by atoms with Gasteiger partial charge >= 0.3 is 0 Å². The highest BCUT2D eigenvalue weighted by Crippen LogP contribution is 2.38. The lowest BCUT2D eigenvalue weighted by molar-refractivity contribution is 0.253. The Morgan fingerprint density at radius 1 is 1.46 bits per heavy atom. The van der Waals surface area contributed by atoms with Crippen LogP contribution in [0.25, 0.3) is 0 Å². The van der Waals surface area contributed by atoms with E-state index in [9.17, 15) is 0 Å². The van der Waals surface area contributed by atoms with Crippen LogP contribution in [0.5, 0.6) is 0 Å². The van der Waals surface area contributed by atoms with Crippen molar-refractivity contribution >= 4 is 24.8 Å². The molecule has 0 aromatic carbocycles. The number of aryl methyl sites for hydroxylation is 1. The third kappa shape index (κ3) is 2.16. The molecule has 1 aromatic rings. The van der Waals surface area contributed by atoms with Gasteiger partial charge in [0.2, 0.25) is 0 Å². The number of hydrogen-bond acceptors (Lipinski definition) is 2. The molecule has 1 fully saturated rings. The second-order valence-electron chi connectivity index (χ2n) is 3.41. The summed E-state index contributed by atoms with van der Waals surface area (Å²) < 4.78 is 1.81. The summed E-state index contributed by atoms with van der Waals surface area (Å²) in [4.78, 5) is 0. The van der Waals surface area contributed by atoms with Crippen molar-refractivity contribution in [3.05, 3.63) is 18.0 Å². The number of aromatic nitrogens is 2. The van der Waals surface area contributed by atoms with Gasteiger partial charge in [0.25, 0.3) is 0 Å². The van der Waals surface area contributed by atoms with E-state index < -0.39 is 0 Å². The van der Waals surface area contributed by atoms with E-state index in [-0.39, 0.29) is 30.4 Å². The summed E-state index contributed by atoms with van der Waals surface area (Å²) in [6.07, 6.45) is 7.36. The summed E-state index contributed by atoms with van der Waals surface area (Å²) >= 11 is 0. The van der Waals surface area contributed by atoms with Gasteiger partial charge in [-0.2, -0.15) is 5.10 Å². The standard InChI is InChI=1S/C8H13N3.2ClH/c1-11-6-7(5-10-11)8(9)3-2-4-8;;/h5-6H,2-4,9H2,1H3;2*1H. The van der Waals surface area contributed by atoms with Gasteiger partial charge in [-0.1, -0.05) is 0 Å². The monoisotopic (exact) mass is 223 g/mol. The average molecular weight is 224 g/mol. The minimum absolute atomic E-state index is 0. The van der Waals surface area contributed by atoms with Crippen molar-refractivity contribution in [1.82, 2.24) is 9.78 Å². The highest BCUT2D eigenvalue weighted by molar-refractivity contribution is 5.85. The van der Waals surface area contributed by atoms with Gasteiger partial charge in [0.05, 0.1) is 6.20 Å². The van der Waals surface area contributed by atoms with Crippen molar-refractivity contribution in [1.29, 1.82) is 0 Å². The smallest absolute Gasteiger partial charge is 0.0540 e. The van der Waals surface area contributed by atoms with Crippen LogP contribution in [0.1, 0.15) is 24.8 Å². The normalized spacial score (nSPS) is 18.0. The number of rotatable bonds is 1. The summed E-state index contributed by atoms with van der Waals surface area (Å²) in [5.41, 5.74) is 7.22. The van der Waals surface area contributed by atoms with E-state index in [1.807, 2.05) is 24.1 Å². The van der Waals surface area contributed by atoms with Crippen LogP contribution in [-0.4, -0.2) is 9.78 Å². The molecule has 0 spiro atoms. The average Bonchev–Trinajstić information content (AvgIpc) is 2.31. The first-order valence-corrected chi connectivity index (χ1v) is 3.99. The molecule has 0 amide bonds. The molecule has 1 aliphatic carbocycles. The first-order valence-electron chi connectivity index (χ1n) is 3.99. The predicted molar refractivity (Wildman–Crippen MR) is 57.4 cm³/mol. The summed E-state index contributed by atoms with van der Waals surface area (Å²) in [5, 5.41) is 4.10. The van der Waals surface area contributed by atoms with Crippen LogP contribution in [-0.2, 0) is 12.6 Å². The van der Waals surface area contributed by atoms with Crippen LogP contribution < -0.4 is 5.73 Å². The second-order valence-corrected chi connectivity index (χ2v) is 3.41. The van der Waals surface area contributed by atoms with E-state index in [2.05, 4.69) is 5.10 Å². The molecule has 0 radical (unpaired) electrons. The lowest BCUT2D eigenvalue weighted by Gasteiger charge is -2.37. The minimum Gasteiger partial charge on any atom is -0.321 e. The van der Waals surface area contributed by atoms with Crippen molar-refractivity contribution in [2.75, 3.05) is 0 Å². The zero-order valence-electron chi connectivity index (χ0n) is 7.56. The Bertz CT molecular complexity index is 268.